The number of amides is 1. The highest BCUT2D eigenvalue weighted by molar-refractivity contribution is 5.69. The van der Waals surface area contributed by atoms with Gasteiger partial charge >= 0.3 is 12.1 Å². The molecule has 1 atom stereocenters. The first-order chi connectivity index (χ1) is 8.98. The molecule has 1 rings (SSSR count). The van der Waals surface area contributed by atoms with Crippen molar-refractivity contribution in [2.75, 3.05) is 13.1 Å². The van der Waals surface area contributed by atoms with E-state index in [1.54, 1.807) is 4.90 Å². The summed E-state index contributed by atoms with van der Waals surface area (Å²) in [4.78, 5) is 25.0. The van der Waals surface area contributed by atoms with E-state index in [1.807, 2.05) is 20.8 Å². The van der Waals surface area contributed by atoms with Gasteiger partial charge in [-0.3, -0.25) is 4.79 Å². The molecule has 5 nitrogen and oxygen atoms in total. The second-order valence-corrected chi connectivity index (χ2v) is 7.30. The van der Waals surface area contributed by atoms with E-state index in [9.17, 15) is 9.59 Å². The van der Waals surface area contributed by atoms with Gasteiger partial charge in [0, 0.05) is 13.5 Å². The molecular weight excluding hydrogens is 258 g/mol. The number of hydrogen-bond donors (Lipinski definition) is 0. The van der Waals surface area contributed by atoms with E-state index in [1.165, 1.54) is 6.92 Å². The number of carbonyl (C=O) groups is 2. The minimum atomic E-state index is -0.523. The van der Waals surface area contributed by atoms with Crippen LogP contribution in [0.25, 0.3) is 0 Å². The number of hydrogen-bond acceptors (Lipinski definition) is 4. The topological polar surface area (TPSA) is 55.8 Å². The molecule has 0 saturated carbocycles. The van der Waals surface area contributed by atoms with Gasteiger partial charge < -0.3 is 14.4 Å². The van der Waals surface area contributed by atoms with Crippen LogP contribution in [0.2, 0.25) is 0 Å². The molecule has 20 heavy (non-hydrogen) atoms. The lowest BCUT2D eigenvalue weighted by molar-refractivity contribution is -0.147. The molecule has 1 fully saturated rings. The van der Waals surface area contributed by atoms with E-state index in [2.05, 4.69) is 13.8 Å². The Morgan fingerprint density at radius 3 is 2.35 bits per heavy atom. The molecule has 1 aliphatic rings. The summed E-state index contributed by atoms with van der Waals surface area (Å²) in [7, 11) is 0. The van der Waals surface area contributed by atoms with Gasteiger partial charge in [-0.2, -0.15) is 0 Å². The largest absolute Gasteiger partial charge is 0.461 e. The Bertz CT molecular complexity index is 371. The fourth-order valence-electron chi connectivity index (χ4n) is 2.35. The highest BCUT2D eigenvalue weighted by atomic mass is 16.6. The molecule has 0 aromatic carbocycles. The highest BCUT2D eigenvalue weighted by Gasteiger charge is 2.34. The Morgan fingerprint density at radius 2 is 1.85 bits per heavy atom. The lowest BCUT2D eigenvalue weighted by Crippen LogP contribution is -2.43. The van der Waals surface area contributed by atoms with E-state index < -0.39 is 5.60 Å². The first kappa shape index (κ1) is 16.8. The van der Waals surface area contributed by atoms with Gasteiger partial charge in [-0.15, -0.1) is 0 Å². The van der Waals surface area contributed by atoms with Gasteiger partial charge in [0.15, 0.2) is 0 Å². The average molecular weight is 285 g/mol. The normalized spacial score (nSPS) is 22.9. The number of carbonyl (C=O) groups excluding carboxylic acids is 2. The smallest absolute Gasteiger partial charge is 0.410 e. The van der Waals surface area contributed by atoms with E-state index >= 15 is 0 Å². The van der Waals surface area contributed by atoms with E-state index in [-0.39, 0.29) is 23.6 Å². The van der Waals surface area contributed by atoms with Crippen molar-refractivity contribution in [3.05, 3.63) is 0 Å². The van der Waals surface area contributed by atoms with Crippen LogP contribution in [0.1, 0.15) is 54.4 Å². The molecular formula is C15H27NO4. The zero-order chi connectivity index (χ0) is 15.6. The van der Waals surface area contributed by atoms with Gasteiger partial charge in [-0.1, -0.05) is 13.8 Å². The van der Waals surface area contributed by atoms with Crippen LogP contribution in [-0.4, -0.2) is 41.8 Å². The second kappa shape index (κ2) is 6.02. The van der Waals surface area contributed by atoms with Crippen molar-refractivity contribution >= 4 is 12.1 Å². The Kier molecular flexibility index (Phi) is 5.05. The molecule has 1 amide bonds. The van der Waals surface area contributed by atoms with Crippen LogP contribution in [0.15, 0.2) is 0 Å². The van der Waals surface area contributed by atoms with Gasteiger partial charge in [-0.25, -0.2) is 4.79 Å². The lowest BCUT2D eigenvalue weighted by Gasteiger charge is -2.31. The summed E-state index contributed by atoms with van der Waals surface area (Å²) in [5.41, 5.74) is -0.531. The molecule has 1 heterocycles. The molecule has 1 saturated heterocycles. The predicted octanol–water partition coefficient (Wildman–Crippen LogP) is 2.98. The Hall–Kier alpha value is -1.26. The monoisotopic (exact) mass is 285 g/mol. The summed E-state index contributed by atoms with van der Waals surface area (Å²) in [5, 5.41) is 0. The van der Waals surface area contributed by atoms with Gasteiger partial charge in [0.1, 0.15) is 11.7 Å². The summed E-state index contributed by atoms with van der Waals surface area (Å²) < 4.78 is 10.7. The van der Waals surface area contributed by atoms with Gasteiger partial charge in [0.2, 0.25) is 0 Å². The molecule has 0 aromatic rings. The van der Waals surface area contributed by atoms with Crippen molar-refractivity contribution in [1.29, 1.82) is 0 Å². The Balaban J connectivity index is 2.79. The van der Waals surface area contributed by atoms with Gasteiger partial charge in [-0.05, 0) is 39.0 Å². The summed E-state index contributed by atoms with van der Waals surface area (Å²) in [6, 6.07) is 0. The van der Waals surface area contributed by atoms with Crippen LogP contribution in [-0.2, 0) is 14.3 Å². The van der Waals surface area contributed by atoms with Crippen LogP contribution >= 0.6 is 0 Å². The molecule has 0 aliphatic carbocycles. The van der Waals surface area contributed by atoms with Crippen LogP contribution in [0.5, 0.6) is 0 Å². The zero-order valence-electron chi connectivity index (χ0n) is 13.5. The van der Waals surface area contributed by atoms with Gasteiger partial charge in [0.05, 0.1) is 6.54 Å². The summed E-state index contributed by atoms with van der Waals surface area (Å²) in [6.07, 6.45) is 1.09. The number of ether oxygens (including phenoxy) is 2. The van der Waals surface area contributed by atoms with Crippen molar-refractivity contribution in [2.24, 2.45) is 5.41 Å². The third-order valence-corrected chi connectivity index (χ3v) is 3.17. The van der Waals surface area contributed by atoms with Crippen molar-refractivity contribution in [1.82, 2.24) is 4.90 Å². The molecule has 0 radical (unpaired) electrons. The van der Waals surface area contributed by atoms with Crippen LogP contribution in [0, 0.1) is 5.41 Å². The van der Waals surface area contributed by atoms with Gasteiger partial charge in [0.25, 0.3) is 0 Å². The maximum atomic E-state index is 12.2. The average Bonchev–Trinajstić information content (AvgIpc) is 2.35. The lowest BCUT2D eigenvalue weighted by atomic mass is 9.88. The first-order valence-electron chi connectivity index (χ1n) is 7.14. The van der Waals surface area contributed by atoms with E-state index in [4.69, 9.17) is 9.47 Å². The molecule has 1 aliphatic heterocycles. The number of nitrogens with zero attached hydrogens (tertiary/aromatic N) is 1. The molecule has 0 bridgehead atoms. The van der Waals surface area contributed by atoms with Crippen LogP contribution in [0.4, 0.5) is 4.79 Å². The van der Waals surface area contributed by atoms with Crippen LogP contribution in [0.3, 0.4) is 0 Å². The third kappa shape index (κ3) is 5.80. The molecule has 0 N–H and O–H groups in total. The van der Waals surface area contributed by atoms with E-state index in [0.717, 1.165) is 12.8 Å². The second-order valence-electron chi connectivity index (χ2n) is 7.30. The molecule has 0 aromatic heterocycles. The number of esters is 1. The van der Waals surface area contributed by atoms with Crippen molar-refractivity contribution in [3.63, 3.8) is 0 Å². The minimum absolute atomic E-state index is 0.00813. The predicted molar refractivity (Wildman–Crippen MR) is 76.4 cm³/mol. The van der Waals surface area contributed by atoms with E-state index in [0.29, 0.717) is 13.1 Å². The standard InChI is InChI=1S/C15H27NO4/c1-11(17)19-12-7-8-15(5,6)10-16(9-12)13(18)20-14(2,3)4/h12H,7-10H2,1-6H3. The Labute approximate surface area is 121 Å². The minimum Gasteiger partial charge on any atom is -0.461 e. The maximum Gasteiger partial charge on any atom is 0.410 e. The molecule has 5 heteroatoms. The summed E-state index contributed by atoms with van der Waals surface area (Å²) in [5.74, 6) is -0.307. The maximum absolute atomic E-state index is 12.2. The zero-order valence-corrected chi connectivity index (χ0v) is 13.5. The number of rotatable bonds is 1. The van der Waals surface area contributed by atoms with Crippen molar-refractivity contribution < 1.29 is 19.1 Å². The summed E-state index contributed by atoms with van der Waals surface area (Å²) >= 11 is 0. The molecule has 0 spiro atoms. The molecule has 1 unspecified atom stereocenters. The Morgan fingerprint density at radius 1 is 1.25 bits per heavy atom. The SMILES string of the molecule is CC(=O)OC1CCC(C)(C)CN(C(=O)OC(C)(C)C)C1. The van der Waals surface area contributed by atoms with Crippen LogP contribution < -0.4 is 0 Å². The first-order valence-corrected chi connectivity index (χ1v) is 7.14. The number of likely N-dealkylation sites (tertiary alicyclic amines) is 1. The third-order valence-electron chi connectivity index (χ3n) is 3.17. The summed E-state index contributed by atoms with van der Waals surface area (Å²) in [6.45, 7) is 12.2. The fraction of sp³-hybridized carbons (Fsp3) is 0.867. The highest BCUT2D eigenvalue weighted by Crippen LogP contribution is 2.30. The van der Waals surface area contributed by atoms with Crippen molar-refractivity contribution in [3.8, 4) is 0 Å². The quantitative estimate of drug-likeness (QED) is 0.695. The fourth-order valence-corrected chi connectivity index (χ4v) is 2.35. The van der Waals surface area contributed by atoms with Crippen molar-refractivity contribution in [2.45, 2.75) is 66.1 Å². The molecule has 116 valence electrons.